The highest BCUT2D eigenvalue weighted by molar-refractivity contribution is 6.25. The Bertz CT molecular complexity index is 1060. The molecule has 2 heterocycles. The average molecular weight is 486 g/mol. The van der Waals surface area contributed by atoms with E-state index < -0.39 is 0 Å². The number of carbonyl (C=O) groups is 1. The Morgan fingerprint density at radius 2 is 1.71 bits per heavy atom. The number of hydrogen-bond acceptors (Lipinski definition) is 3. The van der Waals surface area contributed by atoms with Crippen molar-refractivity contribution in [3.05, 3.63) is 59.8 Å². The van der Waals surface area contributed by atoms with Crippen LogP contribution in [0.2, 0.25) is 0 Å². The van der Waals surface area contributed by atoms with Crippen LogP contribution >= 0.6 is 0 Å². The molecule has 4 nitrogen and oxygen atoms in total. The summed E-state index contributed by atoms with van der Waals surface area (Å²) in [5.41, 5.74) is 3.23. The Hall–Kier alpha value is -1.99. The number of quaternary nitrogens is 1. The van der Waals surface area contributed by atoms with E-state index in [1.54, 1.807) is 0 Å². The van der Waals surface area contributed by atoms with Crippen molar-refractivity contribution in [1.29, 1.82) is 0 Å². The first-order valence-corrected chi connectivity index (χ1v) is 9.68. The lowest BCUT2D eigenvalue weighted by atomic mass is 9.85. The lowest BCUT2D eigenvalue weighted by Gasteiger charge is -2.29. The Balaban J connectivity index is 0.00000192. The minimum absolute atomic E-state index is 0. The van der Waals surface area contributed by atoms with Crippen molar-refractivity contribution in [3.63, 3.8) is 0 Å². The molecule has 2 aliphatic rings. The van der Waals surface area contributed by atoms with Crippen molar-refractivity contribution in [1.82, 2.24) is 4.98 Å². The second kappa shape index (κ2) is 7.44. The molecule has 0 N–H and O–H groups in total. The van der Waals surface area contributed by atoms with Gasteiger partial charge >= 0.3 is 0 Å². The molecule has 1 fully saturated rings. The fraction of sp³-hybridized carbons (Fsp3) is 0.304. The number of likely N-dealkylation sites (tertiary alicyclic amines) is 1. The summed E-state index contributed by atoms with van der Waals surface area (Å²) in [6, 6.07) is 13.6. The molecule has 5 rings (SSSR count). The number of likely N-dealkylation sites (N-methyl/N-ethyl adjacent to an activating group) is 1. The van der Waals surface area contributed by atoms with Crippen LogP contribution in [-0.2, 0) is 0 Å². The third kappa shape index (κ3) is 3.10. The van der Waals surface area contributed by atoms with Gasteiger partial charge in [0.05, 0.1) is 32.0 Å². The normalized spacial score (nSPS) is 16.5. The summed E-state index contributed by atoms with van der Waals surface area (Å²) in [4.78, 5) is 17.7. The molecule has 1 saturated heterocycles. The lowest BCUT2D eigenvalue weighted by molar-refractivity contribution is -0.897. The number of ether oxygens (including phenoxy) is 1. The zero-order valence-corrected chi connectivity index (χ0v) is 18.1. The van der Waals surface area contributed by atoms with Gasteiger partial charge in [0.2, 0.25) is 0 Å². The average Bonchev–Trinajstić information content (AvgIpc) is 3.13. The Kier molecular flexibility index (Phi) is 5.14. The van der Waals surface area contributed by atoms with E-state index in [4.69, 9.17) is 9.72 Å². The highest BCUT2D eigenvalue weighted by atomic mass is 127. The van der Waals surface area contributed by atoms with Gasteiger partial charge in [-0.05, 0) is 0 Å². The molecule has 5 heteroatoms. The van der Waals surface area contributed by atoms with Gasteiger partial charge in [-0.2, -0.15) is 0 Å². The van der Waals surface area contributed by atoms with Crippen LogP contribution in [0.1, 0.15) is 28.8 Å². The van der Waals surface area contributed by atoms with E-state index in [0.29, 0.717) is 6.61 Å². The minimum Gasteiger partial charge on any atom is -1.00 e. The van der Waals surface area contributed by atoms with Crippen LogP contribution in [0.25, 0.3) is 22.0 Å². The Morgan fingerprint density at radius 3 is 2.50 bits per heavy atom. The molecule has 3 aromatic rings. The van der Waals surface area contributed by atoms with Gasteiger partial charge in [-0.1, -0.05) is 42.5 Å². The fourth-order valence-electron chi connectivity index (χ4n) is 4.51. The quantitative estimate of drug-likeness (QED) is 0.320. The Morgan fingerprint density at radius 1 is 1.00 bits per heavy atom. The number of aromatic nitrogens is 1. The topological polar surface area (TPSA) is 39.2 Å². The van der Waals surface area contributed by atoms with E-state index in [1.165, 1.54) is 25.9 Å². The molecule has 0 spiro atoms. The van der Waals surface area contributed by atoms with Crippen LogP contribution in [0.3, 0.4) is 0 Å². The number of pyridine rings is 1. The summed E-state index contributed by atoms with van der Waals surface area (Å²) in [5.74, 6) is 0.839. The number of ketones is 1. The molecule has 0 amide bonds. The molecule has 28 heavy (non-hydrogen) atoms. The summed E-state index contributed by atoms with van der Waals surface area (Å²) < 4.78 is 7.24. The first-order chi connectivity index (χ1) is 13.2. The van der Waals surface area contributed by atoms with Gasteiger partial charge in [0.15, 0.2) is 5.78 Å². The zero-order chi connectivity index (χ0) is 18.4. The van der Waals surface area contributed by atoms with Gasteiger partial charge in [0.25, 0.3) is 0 Å². The van der Waals surface area contributed by atoms with Crippen molar-refractivity contribution >= 4 is 16.6 Å². The minimum atomic E-state index is 0. The molecular formula is C23H23IN2O2. The second-order valence-electron chi connectivity index (χ2n) is 7.92. The van der Waals surface area contributed by atoms with Crippen LogP contribution in [0.4, 0.5) is 0 Å². The third-order valence-corrected chi connectivity index (χ3v) is 6.08. The van der Waals surface area contributed by atoms with E-state index in [1.807, 2.05) is 48.7 Å². The van der Waals surface area contributed by atoms with Gasteiger partial charge in [0.1, 0.15) is 18.9 Å². The number of rotatable bonds is 4. The standard InChI is InChI=1S/C23H23N2O2.HI/c1-25(11-4-5-12-25)13-14-27-20-15-24-22-16-7-2-3-8-17(16)23(26)19-10-6-9-18(20)21(19)22;/h2-3,6-10,15H,4-5,11-14H2,1H3;1H/q+1;/p-1. The second-order valence-corrected chi connectivity index (χ2v) is 7.92. The van der Waals surface area contributed by atoms with Crippen LogP contribution < -0.4 is 28.7 Å². The molecule has 0 radical (unpaired) electrons. The van der Waals surface area contributed by atoms with Crippen molar-refractivity contribution in [2.45, 2.75) is 12.8 Å². The molecule has 144 valence electrons. The number of halogens is 1. The monoisotopic (exact) mass is 486 g/mol. The van der Waals surface area contributed by atoms with Gasteiger partial charge in [-0.25, -0.2) is 0 Å². The van der Waals surface area contributed by atoms with E-state index in [0.717, 1.165) is 49.9 Å². The van der Waals surface area contributed by atoms with Gasteiger partial charge < -0.3 is 33.2 Å². The number of nitrogens with zero attached hydrogens (tertiary/aromatic N) is 2. The van der Waals surface area contributed by atoms with Crippen LogP contribution in [0.15, 0.2) is 48.7 Å². The predicted molar refractivity (Wildman–Crippen MR) is 106 cm³/mol. The van der Waals surface area contributed by atoms with E-state index >= 15 is 0 Å². The van der Waals surface area contributed by atoms with Crippen molar-refractivity contribution in [2.24, 2.45) is 0 Å². The predicted octanol–water partition coefficient (Wildman–Crippen LogP) is 1.07. The summed E-state index contributed by atoms with van der Waals surface area (Å²) in [6.45, 7) is 4.14. The van der Waals surface area contributed by atoms with Crippen LogP contribution in [0, 0.1) is 0 Å². The molecule has 0 saturated carbocycles. The van der Waals surface area contributed by atoms with Crippen molar-refractivity contribution < 1.29 is 38.0 Å². The fourth-order valence-corrected chi connectivity index (χ4v) is 4.51. The van der Waals surface area contributed by atoms with Crippen molar-refractivity contribution in [3.8, 4) is 17.0 Å². The number of benzene rings is 2. The zero-order valence-electron chi connectivity index (χ0n) is 16.0. The summed E-state index contributed by atoms with van der Waals surface area (Å²) in [7, 11) is 2.31. The SMILES string of the molecule is C[N+]1(CCOc2cnc3c4c(cccc24)C(=O)c2ccccc2-3)CCCC1.[I-]. The largest absolute Gasteiger partial charge is 1.00 e. The maximum Gasteiger partial charge on any atom is 0.194 e. The first-order valence-electron chi connectivity index (χ1n) is 9.68. The highest BCUT2D eigenvalue weighted by Crippen LogP contribution is 2.40. The highest BCUT2D eigenvalue weighted by Gasteiger charge is 2.28. The van der Waals surface area contributed by atoms with E-state index in [-0.39, 0.29) is 29.8 Å². The molecule has 2 aromatic carbocycles. The number of carbonyl (C=O) groups excluding carboxylic acids is 1. The van der Waals surface area contributed by atoms with Gasteiger partial charge in [0, 0.05) is 40.3 Å². The molecule has 1 aliphatic carbocycles. The molecule has 0 unspecified atom stereocenters. The van der Waals surface area contributed by atoms with Crippen LogP contribution in [-0.4, -0.2) is 48.5 Å². The third-order valence-electron chi connectivity index (χ3n) is 6.08. The Labute approximate surface area is 182 Å². The summed E-state index contributed by atoms with van der Waals surface area (Å²) in [5, 5.41) is 1.89. The maximum atomic E-state index is 13.0. The van der Waals surface area contributed by atoms with E-state index in [9.17, 15) is 4.79 Å². The van der Waals surface area contributed by atoms with Crippen LogP contribution in [0.5, 0.6) is 5.75 Å². The maximum absolute atomic E-state index is 13.0. The molecule has 0 atom stereocenters. The lowest BCUT2D eigenvalue weighted by Crippen LogP contribution is -3.00. The summed E-state index contributed by atoms with van der Waals surface area (Å²) >= 11 is 0. The molecular weight excluding hydrogens is 463 g/mol. The first kappa shape index (κ1) is 19.3. The smallest absolute Gasteiger partial charge is 0.194 e. The molecule has 1 aliphatic heterocycles. The van der Waals surface area contributed by atoms with Gasteiger partial charge in [-0.3, -0.25) is 9.78 Å². The molecule has 0 bridgehead atoms. The molecule has 1 aromatic heterocycles. The van der Waals surface area contributed by atoms with Gasteiger partial charge in [-0.15, -0.1) is 0 Å². The number of fused-ring (bicyclic) bond motifs is 2. The number of hydrogen-bond donors (Lipinski definition) is 0. The van der Waals surface area contributed by atoms with E-state index in [2.05, 4.69) is 7.05 Å². The van der Waals surface area contributed by atoms with Crippen molar-refractivity contribution in [2.75, 3.05) is 33.3 Å². The summed E-state index contributed by atoms with van der Waals surface area (Å²) in [6.07, 6.45) is 4.43.